The van der Waals surface area contributed by atoms with Crippen LogP contribution in [-0.4, -0.2) is 34.9 Å². The lowest BCUT2D eigenvalue weighted by molar-refractivity contribution is 0.0870. The molecule has 0 spiro atoms. The number of likely N-dealkylation sites (tertiary alicyclic amines) is 1. The van der Waals surface area contributed by atoms with Crippen LogP contribution in [0.5, 0.6) is 0 Å². The molecule has 2 heterocycles. The molecule has 1 amide bonds. The molecule has 1 N–H and O–H groups in total. The van der Waals surface area contributed by atoms with Crippen LogP contribution in [0.15, 0.2) is 28.7 Å². The average Bonchev–Trinajstić information content (AvgIpc) is 2.98. The molecule has 1 aromatic heterocycles. The SMILES string of the molecule is CCc1nc(C)c(C(=O)NC2CCCN(Cc3ccccc3F)C2)o1. The number of hydrogen-bond donors (Lipinski definition) is 1. The number of piperidine rings is 1. The number of carbonyl (C=O) groups is 1. The molecule has 0 radical (unpaired) electrons. The van der Waals surface area contributed by atoms with Crippen LogP contribution < -0.4 is 5.32 Å². The number of carbonyl (C=O) groups excluding carboxylic acids is 1. The lowest BCUT2D eigenvalue weighted by Crippen LogP contribution is -2.47. The maximum absolute atomic E-state index is 13.8. The molecule has 1 aromatic carbocycles. The van der Waals surface area contributed by atoms with Gasteiger partial charge in [-0.1, -0.05) is 25.1 Å². The second-order valence-electron chi connectivity index (χ2n) is 6.51. The molecule has 1 fully saturated rings. The van der Waals surface area contributed by atoms with Gasteiger partial charge < -0.3 is 9.73 Å². The Bertz CT molecular complexity index is 744. The highest BCUT2D eigenvalue weighted by Gasteiger charge is 2.25. The van der Waals surface area contributed by atoms with E-state index in [0.717, 1.165) is 19.4 Å². The zero-order chi connectivity index (χ0) is 17.8. The summed E-state index contributed by atoms with van der Waals surface area (Å²) in [5.41, 5.74) is 1.31. The number of nitrogens with one attached hydrogen (secondary N) is 1. The molecule has 5 nitrogen and oxygen atoms in total. The second kappa shape index (κ2) is 7.78. The molecular formula is C19H24FN3O2. The zero-order valence-electron chi connectivity index (χ0n) is 14.7. The summed E-state index contributed by atoms with van der Waals surface area (Å²) in [5.74, 6) is 0.469. The number of aryl methyl sites for hydroxylation is 2. The largest absolute Gasteiger partial charge is 0.435 e. The van der Waals surface area contributed by atoms with E-state index in [9.17, 15) is 9.18 Å². The van der Waals surface area contributed by atoms with Gasteiger partial charge in [-0.25, -0.2) is 9.37 Å². The summed E-state index contributed by atoms with van der Waals surface area (Å²) in [6.07, 6.45) is 2.54. The van der Waals surface area contributed by atoms with Gasteiger partial charge >= 0.3 is 0 Å². The van der Waals surface area contributed by atoms with Gasteiger partial charge in [0, 0.05) is 31.1 Å². The predicted molar refractivity (Wildman–Crippen MR) is 92.8 cm³/mol. The van der Waals surface area contributed by atoms with Crippen molar-refractivity contribution in [1.29, 1.82) is 0 Å². The Kier molecular flexibility index (Phi) is 5.48. The number of aromatic nitrogens is 1. The highest BCUT2D eigenvalue weighted by atomic mass is 19.1. The quantitative estimate of drug-likeness (QED) is 0.905. The van der Waals surface area contributed by atoms with E-state index in [-0.39, 0.29) is 17.8 Å². The van der Waals surface area contributed by atoms with Gasteiger partial charge in [0.05, 0.1) is 5.69 Å². The Balaban J connectivity index is 1.60. The molecule has 134 valence electrons. The maximum Gasteiger partial charge on any atom is 0.289 e. The van der Waals surface area contributed by atoms with Crippen LogP contribution >= 0.6 is 0 Å². The number of amides is 1. The van der Waals surface area contributed by atoms with Crippen molar-refractivity contribution in [2.24, 2.45) is 0 Å². The van der Waals surface area contributed by atoms with Crippen molar-refractivity contribution in [3.63, 3.8) is 0 Å². The van der Waals surface area contributed by atoms with E-state index in [0.29, 0.717) is 42.4 Å². The minimum absolute atomic E-state index is 0.0302. The van der Waals surface area contributed by atoms with Crippen molar-refractivity contribution in [3.05, 3.63) is 53.0 Å². The standard InChI is InChI=1S/C19H24FN3O2/c1-3-17-21-13(2)18(25-17)19(24)22-15-8-6-10-23(12-15)11-14-7-4-5-9-16(14)20/h4-5,7,9,15H,3,6,8,10-12H2,1-2H3,(H,22,24). The molecule has 2 aromatic rings. The lowest BCUT2D eigenvalue weighted by Gasteiger charge is -2.33. The third-order valence-corrected chi connectivity index (χ3v) is 4.54. The summed E-state index contributed by atoms with van der Waals surface area (Å²) in [7, 11) is 0. The second-order valence-corrected chi connectivity index (χ2v) is 6.51. The molecule has 1 aliphatic heterocycles. The number of oxazole rings is 1. The summed E-state index contributed by atoms with van der Waals surface area (Å²) in [6, 6.07) is 6.86. The fraction of sp³-hybridized carbons (Fsp3) is 0.474. The minimum Gasteiger partial charge on any atom is -0.435 e. The first-order chi connectivity index (χ1) is 12.1. The number of hydrogen-bond acceptors (Lipinski definition) is 4. The smallest absolute Gasteiger partial charge is 0.289 e. The van der Waals surface area contributed by atoms with Crippen LogP contribution in [-0.2, 0) is 13.0 Å². The molecule has 1 atom stereocenters. The monoisotopic (exact) mass is 345 g/mol. The van der Waals surface area contributed by atoms with Crippen LogP contribution in [0.3, 0.4) is 0 Å². The summed E-state index contributed by atoms with van der Waals surface area (Å²) in [6.45, 7) is 5.88. The van der Waals surface area contributed by atoms with Crippen LogP contribution in [0.25, 0.3) is 0 Å². The van der Waals surface area contributed by atoms with Gasteiger partial charge in [0.15, 0.2) is 5.89 Å². The Morgan fingerprint density at radius 3 is 2.96 bits per heavy atom. The van der Waals surface area contributed by atoms with E-state index in [1.165, 1.54) is 6.07 Å². The van der Waals surface area contributed by atoms with Crippen molar-refractivity contribution in [3.8, 4) is 0 Å². The zero-order valence-corrected chi connectivity index (χ0v) is 14.7. The van der Waals surface area contributed by atoms with Gasteiger partial charge in [-0.15, -0.1) is 0 Å². The molecule has 0 aliphatic carbocycles. The lowest BCUT2D eigenvalue weighted by atomic mass is 10.0. The van der Waals surface area contributed by atoms with E-state index < -0.39 is 0 Å². The minimum atomic E-state index is -0.220. The number of nitrogens with zero attached hydrogens (tertiary/aromatic N) is 2. The first-order valence-electron chi connectivity index (χ1n) is 8.79. The fourth-order valence-electron chi connectivity index (χ4n) is 3.25. The maximum atomic E-state index is 13.8. The van der Waals surface area contributed by atoms with Crippen molar-refractivity contribution in [2.75, 3.05) is 13.1 Å². The summed E-state index contributed by atoms with van der Waals surface area (Å²) in [4.78, 5) is 18.9. The number of rotatable bonds is 5. The Hall–Kier alpha value is -2.21. The molecule has 3 rings (SSSR count). The van der Waals surface area contributed by atoms with E-state index >= 15 is 0 Å². The van der Waals surface area contributed by atoms with Crippen molar-refractivity contribution in [2.45, 2.75) is 45.7 Å². The van der Waals surface area contributed by atoms with Crippen molar-refractivity contribution < 1.29 is 13.6 Å². The molecule has 1 unspecified atom stereocenters. The highest BCUT2D eigenvalue weighted by molar-refractivity contribution is 5.92. The normalized spacial score (nSPS) is 18.3. The summed E-state index contributed by atoms with van der Waals surface area (Å²) in [5, 5.41) is 3.04. The molecule has 1 aliphatic rings. The molecular weight excluding hydrogens is 321 g/mol. The topological polar surface area (TPSA) is 58.4 Å². The predicted octanol–water partition coefficient (Wildman–Crippen LogP) is 3.08. The van der Waals surface area contributed by atoms with Crippen molar-refractivity contribution >= 4 is 5.91 Å². The van der Waals surface area contributed by atoms with Gasteiger partial charge in [-0.05, 0) is 32.4 Å². The van der Waals surface area contributed by atoms with E-state index in [2.05, 4.69) is 15.2 Å². The average molecular weight is 345 g/mol. The number of benzene rings is 1. The first kappa shape index (κ1) is 17.6. The van der Waals surface area contributed by atoms with Gasteiger partial charge in [0.25, 0.3) is 5.91 Å². The van der Waals surface area contributed by atoms with Crippen LogP contribution in [0.4, 0.5) is 4.39 Å². The molecule has 1 saturated heterocycles. The Morgan fingerprint density at radius 1 is 1.44 bits per heavy atom. The molecule has 0 saturated carbocycles. The van der Waals surface area contributed by atoms with Gasteiger partial charge in [0.1, 0.15) is 5.82 Å². The molecule has 6 heteroatoms. The first-order valence-corrected chi connectivity index (χ1v) is 8.79. The third-order valence-electron chi connectivity index (χ3n) is 4.54. The van der Waals surface area contributed by atoms with Crippen LogP contribution in [0.2, 0.25) is 0 Å². The third kappa shape index (κ3) is 4.25. The number of halogens is 1. The van der Waals surface area contributed by atoms with E-state index in [4.69, 9.17) is 4.42 Å². The van der Waals surface area contributed by atoms with Crippen LogP contribution in [0, 0.1) is 12.7 Å². The van der Waals surface area contributed by atoms with Crippen molar-refractivity contribution in [1.82, 2.24) is 15.2 Å². The van der Waals surface area contributed by atoms with Gasteiger partial charge in [-0.3, -0.25) is 9.69 Å². The Morgan fingerprint density at radius 2 is 2.24 bits per heavy atom. The summed E-state index contributed by atoms with van der Waals surface area (Å²) >= 11 is 0. The van der Waals surface area contributed by atoms with Crippen LogP contribution in [0.1, 0.15) is 47.5 Å². The Labute approximate surface area is 147 Å². The fourth-order valence-corrected chi connectivity index (χ4v) is 3.25. The molecule has 25 heavy (non-hydrogen) atoms. The summed E-state index contributed by atoms with van der Waals surface area (Å²) < 4.78 is 19.4. The van der Waals surface area contributed by atoms with E-state index in [1.807, 2.05) is 19.1 Å². The highest BCUT2D eigenvalue weighted by Crippen LogP contribution is 2.17. The van der Waals surface area contributed by atoms with Gasteiger partial charge in [0.2, 0.25) is 5.76 Å². The van der Waals surface area contributed by atoms with Gasteiger partial charge in [-0.2, -0.15) is 0 Å². The molecule has 0 bridgehead atoms. The van der Waals surface area contributed by atoms with E-state index in [1.54, 1.807) is 13.0 Å².